The molecule has 1 fully saturated rings. The molecule has 0 heterocycles. The highest BCUT2D eigenvalue weighted by Gasteiger charge is 2.36. The molecule has 0 aliphatic heterocycles. The smallest absolute Gasteiger partial charge is 0.377 e. The van der Waals surface area contributed by atoms with Gasteiger partial charge in [-0.2, -0.15) is 0 Å². The molecule has 6 heteroatoms. The molecule has 0 aromatic carbocycles. The van der Waals surface area contributed by atoms with Crippen LogP contribution in [0.4, 0.5) is 0 Å². The summed E-state index contributed by atoms with van der Waals surface area (Å²) in [5.41, 5.74) is 0.279. The van der Waals surface area contributed by atoms with Crippen molar-refractivity contribution in [3.05, 3.63) is 0 Å². The summed E-state index contributed by atoms with van der Waals surface area (Å²) in [5, 5.41) is 0. The zero-order valence-electron chi connectivity index (χ0n) is 13.4. The number of hydrogen-bond donors (Lipinski definition) is 0. The van der Waals surface area contributed by atoms with Crippen LogP contribution in [0.5, 0.6) is 0 Å². The van der Waals surface area contributed by atoms with Crippen molar-refractivity contribution < 1.29 is 18.0 Å². The fraction of sp³-hybridized carbons (Fsp3) is 1.00. The molecule has 1 atom stereocenters. The van der Waals surface area contributed by atoms with Crippen LogP contribution >= 0.6 is 11.8 Å². The van der Waals surface area contributed by atoms with Gasteiger partial charge in [0.25, 0.3) is 0 Å². The zero-order chi connectivity index (χ0) is 14.8. The van der Waals surface area contributed by atoms with Crippen molar-refractivity contribution in [2.75, 3.05) is 27.1 Å². The Kier molecular flexibility index (Phi) is 9.40. The predicted molar refractivity (Wildman–Crippen MR) is 86.1 cm³/mol. The van der Waals surface area contributed by atoms with E-state index >= 15 is 0 Å². The molecule has 0 amide bonds. The van der Waals surface area contributed by atoms with Crippen LogP contribution in [0.3, 0.4) is 0 Å². The molecule has 0 N–H and O–H groups in total. The third-order valence-electron chi connectivity index (χ3n) is 3.85. The van der Waals surface area contributed by atoms with E-state index in [9.17, 15) is 0 Å². The van der Waals surface area contributed by atoms with E-state index in [1.165, 1.54) is 32.1 Å². The second kappa shape index (κ2) is 10.2. The first-order chi connectivity index (χ1) is 9.65. The normalized spacial score (nSPS) is 19.2. The van der Waals surface area contributed by atoms with Crippen LogP contribution in [0, 0.1) is 0 Å². The van der Waals surface area contributed by atoms with Crippen LogP contribution in [-0.2, 0) is 18.0 Å². The number of rotatable bonds is 10. The van der Waals surface area contributed by atoms with Gasteiger partial charge in [0.15, 0.2) is 0 Å². The maximum Gasteiger partial charge on any atom is 0.500 e. The van der Waals surface area contributed by atoms with E-state index in [-0.39, 0.29) is 5.44 Å². The van der Waals surface area contributed by atoms with Crippen molar-refractivity contribution >= 4 is 20.6 Å². The van der Waals surface area contributed by atoms with E-state index in [1.54, 1.807) is 21.3 Å². The average molecular weight is 323 g/mol. The molecular weight excluding hydrogens is 292 g/mol. The maximum atomic E-state index is 6.08. The van der Waals surface area contributed by atoms with Gasteiger partial charge in [0, 0.05) is 27.4 Å². The fourth-order valence-electron chi connectivity index (χ4n) is 2.61. The molecule has 0 bridgehead atoms. The quantitative estimate of drug-likeness (QED) is 0.348. The predicted octanol–water partition coefficient (Wildman–Crippen LogP) is 3.68. The number of thioether (sulfide) groups is 1. The first-order valence-electron chi connectivity index (χ1n) is 7.58. The monoisotopic (exact) mass is 322 g/mol. The summed E-state index contributed by atoms with van der Waals surface area (Å²) in [6.07, 6.45) is 8.01. The zero-order valence-corrected chi connectivity index (χ0v) is 15.2. The van der Waals surface area contributed by atoms with Crippen molar-refractivity contribution in [3.8, 4) is 0 Å². The Morgan fingerprint density at radius 3 is 2.20 bits per heavy atom. The van der Waals surface area contributed by atoms with Crippen LogP contribution in [0.15, 0.2) is 0 Å². The molecule has 1 rings (SSSR count). The summed E-state index contributed by atoms with van der Waals surface area (Å²) in [6.45, 7) is 2.16. The third-order valence-corrected chi connectivity index (χ3v) is 7.79. The molecule has 4 nitrogen and oxygen atoms in total. The first kappa shape index (κ1) is 18.5. The highest BCUT2D eigenvalue weighted by atomic mass is 32.2. The topological polar surface area (TPSA) is 36.9 Å². The van der Waals surface area contributed by atoms with E-state index in [1.807, 2.05) is 11.8 Å². The summed E-state index contributed by atoms with van der Waals surface area (Å²) in [7, 11) is 2.62. The Morgan fingerprint density at radius 2 is 1.65 bits per heavy atom. The van der Waals surface area contributed by atoms with Crippen LogP contribution in [0.25, 0.3) is 0 Å². The van der Waals surface area contributed by atoms with Crippen molar-refractivity contribution in [2.24, 2.45) is 0 Å². The summed E-state index contributed by atoms with van der Waals surface area (Å²) in [6, 6.07) is 0.861. The van der Waals surface area contributed by atoms with E-state index in [2.05, 4.69) is 6.92 Å². The molecule has 1 aliphatic carbocycles. The lowest BCUT2D eigenvalue weighted by Crippen LogP contribution is -2.42. The van der Waals surface area contributed by atoms with E-state index in [0.29, 0.717) is 6.10 Å². The second-order valence-corrected chi connectivity index (χ2v) is 9.73. The molecular formula is C14H30O4SSi. The molecule has 1 aliphatic rings. The van der Waals surface area contributed by atoms with Crippen molar-refractivity contribution in [1.82, 2.24) is 0 Å². The lowest BCUT2D eigenvalue weighted by atomic mass is 9.98. The Morgan fingerprint density at radius 1 is 1.05 bits per heavy atom. The largest absolute Gasteiger partial charge is 0.500 e. The third kappa shape index (κ3) is 6.45. The SMILES string of the molecule is CO[Si](CCCSC(C)OC1CCCCC1)(OC)OC. The summed E-state index contributed by atoms with van der Waals surface area (Å²) >= 11 is 1.88. The Balaban J connectivity index is 2.13. The average Bonchev–Trinajstić information content (AvgIpc) is 2.49. The van der Waals surface area contributed by atoms with E-state index in [4.69, 9.17) is 18.0 Å². The highest BCUT2D eigenvalue weighted by molar-refractivity contribution is 7.99. The Labute approximate surface area is 129 Å². The minimum atomic E-state index is -2.39. The maximum absolute atomic E-state index is 6.08. The summed E-state index contributed by atoms with van der Waals surface area (Å²) in [5.74, 6) is 1.05. The molecule has 1 saturated carbocycles. The molecule has 0 radical (unpaired) electrons. The lowest BCUT2D eigenvalue weighted by molar-refractivity contribution is 0.0200. The van der Waals surface area contributed by atoms with Crippen LogP contribution in [-0.4, -0.2) is 47.4 Å². The van der Waals surface area contributed by atoms with Crippen molar-refractivity contribution in [2.45, 2.75) is 63.0 Å². The van der Waals surface area contributed by atoms with Crippen LogP contribution in [0.2, 0.25) is 6.04 Å². The van der Waals surface area contributed by atoms with E-state index in [0.717, 1.165) is 18.2 Å². The van der Waals surface area contributed by atoms with Crippen LogP contribution in [0.1, 0.15) is 45.4 Å². The fourth-order valence-corrected chi connectivity index (χ4v) is 5.46. The lowest BCUT2D eigenvalue weighted by Gasteiger charge is -2.26. The van der Waals surface area contributed by atoms with Gasteiger partial charge in [-0.25, -0.2) is 0 Å². The number of hydrogen-bond acceptors (Lipinski definition) is 5. The molecule has 0 aromatic heterocycles. The minimum Gasteiger partial charge on any atom is -0.377 e. The van der Waals surface area contributed by atoms with Crippen molar-refractivity contribution in [1.29, 1.82) is 0 Å². The highest BCUT2D eigenvalue weighted by Crippen LogP contribution is 2.25. The number of ether oxygens (including phenoxy) is 1. The Hall–Kier alpha value is 0.407. The van der Waals surface area contributed by atoms with Gasteiger partial charge in [0.1, 0.15) is 5.44 Å². The summed E-state index contributed by atoms with van der Waals surface area (Å²) < 4.78 is 22.3. The second-order valence-electron chi connectivity index (χ2n) is 5.23. The molecule has 120 valence electrons. The molecule has 0 aromatic rings. The van der Waals surface area contributed by atoms with Gasteiger partial charge in [0.2, 0.25) is 0 Å². The van der Waals surface area contributed by atoms with Gasteiger partial charge in [-0.1, -0.05) is 19.3 Å². The van der Waals surface area contributed by atoms with Gasteiger partial charge in [-0.15, -0.1) is 11.8 Å². The minimum absolute atomic E-state index is 0.279. The van der Waals surface area contributed by atoms with Gasteiger partial charge in [-0.3, -0.25) is 0 Å². The molecule has 1 unspecified atom stereocenters. The van der Waals surface area contributed by atoms with Gasteiger partial charge in [-0.05, 0) is 31.9 Å². The molecule has 0 spiro atoms. The standard InChI is InChI=1S/C14H30O4SSi/c1-13(18-14-9-6-5-7-10-14)19-11-8-12-20(15-2,16-3)17-4/h13-14H,5-12H2,1-4H3. The van der Waals surface area contributed by atoms with Crippen LogP contribution < -0.4 is 0 Å². The van der Waals surface area contributed by atoms with Gasteiger partial charge < -0.3 is 18.0 Å². The first-order valence-corrected chi connectivity index (χ1v) is 10.6. The van der Waals surface area contributed by atoms with Gasteiger partial charge in [0.05, 0.1) is 6.10 Å². The molecule has 20 heavy (non-hydrogen) atoms. The summed E-state index contributed by atoms with van der Waals surface area (Å²) in [4.78, 5) is 0. The molecule has 0 saturated heterocycles. The van der Waals surface area contributed by atoms with Crippen molar-refractivity contribution in [3.63, 3.8) is 0 Å². The van der Waals surface area contributed by atoms with Gasteiger partial charge >= 0.3 is 8.80 Å². The Bertz CT molecular complexity index is 237. The van der Waals surface area contributed by atoms with E-state index < -0.39 is 8.80 Å².